The highest BCUT2D eigenvalue weighted by molar-refractivity contribution is 5.55. The second-order valence-corrected chi connectivity index (χ2v) is 6.22. The largest absolute Gasteiger partial charge is 0.489 e. The molecule has 0 saturated carbocycles. The lowest BCUT2D eigenvalue weighted by molar-refractivity contribution is 0.170. The van der Waals surface area contributed by atoms with E-state index in [2.05, 4.69) is 14.9 Å². The van der Waals surface area contributed by atoms with Gasteiger partial charge in [0.1, 0.15) is 23.5 Å². The van der Waals surface area contributed by atoms with E-state index in [0.29, 0.717) is 18.2 Å². The molecule has 0 aliphatic carbocycles. The number of nitrogens with two attached hydrogens (primary N) is 2. The predicted octanol–water partition coefficient (Wildman–Crippen LogP) is 1.88. The van der Waals surface area contributed by atoms with Crippen LogP contribution in [-0.4, -0.2) is 36.3 Å². The van der Waals surface area contributed by atoms with E-state index < -0.39 is 0 Å². The number of methoxy groups -OCH3 is 1. The van der Waals surface area contributed by atoms with Crippen LogP contribution < -0.4 is 25.8 Å². The smallest absolute Gasteiger partial charge is 0.213 e. The fourth-order valence-electron chi connectivity index (χ4n) is 3.09. The van der Waals surface area contributed by atoms with E-state index in [1.54, 1.807) is 19.4 Å². The van der Waals surface area contributed by atoms with Gasteiger partial charge in [-0.15, -0.1) is 0 Å². The van der Waals surface area contributed by atoms with Crippen molar-refractivity contribution in [3.05, 3.63) is 35.5 Å². The van der Waals surface area contributed by atoms with Crippen molar-refractivity contribution in [2.45, 2.75) is 32.4 Å². The van der Waals surface area contributed by atoms with Gasteiger partial charge in [0.25, 0.3) is 0 Å². The van der Waals surface area contributed by atoms with Crippen LogP contribution in [-0.2, 0) is 6.54 Å². The molecule has 7 nitrogen and oxygen atoms in total. The number of aromatic nitrogens is 2. The Hall–Kier alpha value is -2.54. The van der Waals surface area contributed by atoms with Crippen LogP contribution in [0, 0.1) is 6.92 Å². The summed E-state index contributed by atoms with van der Waals surface area (Å²) in [5.74, 6) is 2.82. The van der Waals surface area contributed by atoms with Gasteiger partial charge in [-0.1, -0.05) is 0 Å². The molecule has 0 amide bonds. The van der Waals surface area contributed by atoms with Gasteiger partial charge < -0.3 is 25.8 Å². The minimum absolute atomic E-state index is 0.174. The van der Waals surface area contributed by atoms with Crippen LogP contribution in [0.5, 0.6) is 11.6 Å². The number of hydrogen-bond donors (Lipinski definition) is 2. The summed E-state index contributed by atoms with van der Waals surface area (Å²) in [6.45, 7) is 4.21. The van der Waals surface area contributed by atoms with Crippen molar-refractivity contribution in [3.63, 3.8) is 0 Å². The van der Waals surface area contributed by atoms with Gasteiger partial charge in [-0.25, -0.2) is 9.97 Å². The fraction of sp³-hybridized carbons (Fsp3) is 0.444. The van der Waals surface area contributed by atoms with E-state index >= 15 is 0 Å². The zero-order valence-corrected chi connectivity index (χ0v) is 14.7. The van der Waals surface area contributed by atoms with Crippen LogP contribution in [0.25, 0.3) is 0 Å². The number of rotatable bonds is 5. The number of nitrogen functional groups attached to an aromatic ring is 1. The normalized spacial score (nSPS) is 15.2. The summed E-state index contributed by atoms with van der Waals surface area (Å²) in [5, 5.41) is 0. The highest BCUT2D eigenvalue weighted by Gasteiger charge is 2.23. The number of hydrogen-bond acceptors (Lipinski definition) is 7. The molecule has 1 aliphatic heterocycles. The molecular formula is C18H25N5O2. The van der Waals surface area contributed by atoms with E-state index in [0.717, 1.165) is 48.6 Å². The van der Waals surface area contributed by atoms with Gasteiger partial charge in [0.2, 0.25) is 5.88 Å². The summed E-state index contributed by atoms with van der Waals surface area (Å²) in [5.41, 5.74) is 13.7. The Balaban J connectivity index is 1.60. The van der Waals surface area contributed by atoms with Crippen molar-refractivity contribution in [3.8, 4) is 11.6 Å². The molecule has 3 heterocycles. The van der Waals surface area contributed by atoms with Crippen molar-refractivity contribution >= 4 is 11.6 Å². The Bertz CT molecular complexity index is 712. The van der Waals surface area contributed by atoms with E-state index in [1.165, 1.54) is 0 Å². The molecule has 0 radical (unpaired) electrons. The van der Waals surface area contributed by atoms with Crippen molar-refractivity contribution in [1.82, 2.24) is 9.97 Å². The van der Waals surface area contributed by atoms with E-state index in [-0.39, 0.29) is 6.10 Å². The van der Waals surface area contributed by atoms with Gasteiger partial charge in [-0.2, -0.15) is 0 Å². The van der Waals surface area contributed by atoms with Crippen molar-refractivity contribution in [2.24, 2.45) is 5.73 Å². The maximum absolute atomic E-state index is 6.02. The Morgan fingerprint density at radius 3 is 2.64 bits per heavy atom. The van der Waals surface area contributed by atoms with Crippen molar-refractivity contribution in [2.75, 3.05) is 30.8 Å². The second-order valence-electron chi connectivity index (χ2n) is 6.22. The third-order valence-corrected chi connectivity index (χ3v) is 4.48. The average Bonchev–Trinajstić information content (AvgIpc) is 2.64. The fourth-order valence-corrected chi connectivity index (χ4v) is 3.09. The summed E-state index contributed by atoms with van der Waals surface area (Å²) >= 11 is 0. The molecule has 4 N–H and O–H groups in total. The molecule has 134 valence electrons. The molecule has 2 aromatic heterocycles. The van der Waals surface area contributed by atoms with Crippen LogP contribution in [0.2, 0.25) is 0 Å². The first-order valence-corrected chi connectivity index (χ1v) is 8.48. The van der Waals surface area contributed by atoms with E-state index in [1.807, 2.05) is 19.1 Å². The predicted molar refractivity (Wildman–Crippen MR) is 97.9 cm³/mol. The van der Waals surface area contributed by atoms with Crippen LogP contribution in [0.1, 0.15) is 24.0 Å². The quantitative estimate of drug-likeness (QED) is 0.855. The SMILES string of the molecule is COc1ccc(OC2CCN(c3nc(N)c(CN)cc3C)CC2)cn1. The molecule has 1 saturated heterocycles. The Morgan fingerprint density at radius 1 is 1.28 bits per heavy atom. The molecule has 3 rings (SSSR count). The number of piperidine rings is 1. The molecule has 7 heteroatoms. The maximum Gasteiger partial charge on any atom is 0.213 e. The third kappa shape index (κ3) is 3.93. The van der Waals surface area contributed by atoms with Crippen molar-refractivity contribution in [1.29, 1.82) is 0 Å². The Kier molecular flexibility index (Phi) is 5.23. The Morgan fingerprint density at radius 2 is 2.04 bits per heavy atom. The topological polar surface area (TPSA) is 99.5 Å². The second kappa shape index (κ2) is 7.57. The summed E-state index contributed by atoms with van der Waals surface area (Å²) < 4.78 is 11.1. The van der Waals surface area contributed by atoms with E-state index in [4.69, 9.17) is 20.9 Å². The van der Waals surface area contributed by atoms with Crippen LogP contribution in [0.3, 0.4) is 0 Å². The zero-order valence-electron chi connectivity index (χ0n) is 14.7. The van der Waals surface area contributed by atoms with Gasteiger partial charge >= 0.3 is 0 Å². The molecule has 1 aliphatic rings. The molecule has 0 spiro atoms. The third-order valence-electron chi connectivity index (χ3n) is 4.48. The van der Waals surface area contributed by atoms with Gasteiger partial charge in [0.15, 0.2) is 0 Å². The summed E-state index contributed by atoms with van der Waals surface area (Å²) in [6.07, 6.45) is 3.72. The monoisotopic (exact) mass is 343 g/mol. The zero-order chi connectivity index (χ0) is 17.8. The standard InChI is InChI=1S/C18H25N5O2/c1-12-9-13(10-19)17(20)22-18(12)23-7-5-14(6-8-23)25-15-3-4-16(24-2)21-11-15/h3-4,9,11,14H,5-8,10,19H2,1-2H3,(H2,20,22). The van der Waals surface area contributed by atoms with Gasteiger partial charge in [-0.3, -0.25) is 0 Å². The Labute approximate surface area is 148 Å². The first kappa shape index (κ1) is 17.3. The highest BCUT2D eigenvalue weighted by Crippen LogP contribution is 2.26. The average molecular weight is 343 g/mol. The summed E-state index contributed by atoms with van der Waals surface area (Å²) in [6, 6.07) is 5.72. The molecule has 0 aromatic carbocycles. The summed E-state index contributed by atoms with van der Waals surface area (Å²) in [7, 11) is 1.60. The minimum Gasteiger partial charge on any atom is -0.489 e. The lowest BCUT2D eigenvalue weighted by Gasteiger charge is -2.34. The molecule has 0 unspecified atom stereocenters. The molecule has 0 bridgehead atoms. The number of nitrogens with zero attached hydrogens (tertiary/aromatic N) is 3. The van der Waals surface area contributed by atoms with E-state index in [9.17, 15) is 0 Å². The molecule has 0 atom stereocenters. The lowest BCUT2D eigenvalue weighted by Crippen LogP contribution is -2.39. The number of pyridine rings is 2. The van der Waals surface area contributed by atoms with Gasteiger partial charge in [0, 0.05) is 44.1 Å². The molecular weight excluding hydrogens is 318 g/mol. The maximum atomic E-state index is 6.02. The van der Waals surface area contributed by atoms with Crippen LogP contribution in [0.15, 0.2) is 24.4 Å². The molecule has 2 aromatic rings. The number of anilines is 2. The lowest BCUT2D eigenvalue weighted by atomic mass is 10.1. The van der Waals surface area contributed by atoms with Gasteiger partial charge in [-0.05, 0) is 24.6 Å². The first-order valence-electron chi connectivity index (χ1n) is 8.48. The molecule has 1 fully saturated rings. The highest BCUT2D eigenvalue weighted by atomic mass is 16.5. The van der Waals surface area contributed by atoms with Gasteiger partial charge in [0.05, 0.1) is 13.3 Å². The number of ether oxygens (including phenoxy) is 2. The van der Waals surface area contributed by atoms with Crippen LogP contribution >= 0.6 is 0 Å². The molecule has 25 heavy (non-hydrogen) atoms. The summed E-state index contributed by atoms with van der Waals surface area (Å²) in [4.78, 5) is 11.0. The van der Waals surface area contributed by atoms with Crippen molar-refractivity contribution < 1.29 is 9.47 Å². The minimum atomic E-state index is 0.174. The first-order chi connectivity index (χ1) is 12.1. The van der Waals surface area contributed by atoms with Crippen LogP contribution in [0.4, 0.5) is 11.6 Å². The number of aryl methyl sites for hydroxylation is 1.